The number of hydrogen-bond acceptors (Lipinski definition) is 5. The first-order chi connectivity index (χ1) is 9.20. The molecule has 2 rings (SSSR count). The smallest absolute Gasteiger partial charge is 0.296 e. The fourth-order valence-electron chi connectivity index (χ4n) is 1.66. The fraction of sp³-hybridized carbons (Fsp3) is 0.231. The van der Waals surface area contributed by atoms with E-state index in [0.29, 0.717) is 24.6 Å². The van der Waals surface area contributed by atoms with Crippen LogP contribution in [0.25, 0.3) is 0 Å². The Hall–Kier alpha value is -2.08. The van der Waals surface area contributed by atoms with Gasteiger partial charge in [-0.25, -0.2) is 0 Å². The minimum Gasteiger partial charge on any atom is -0.494 e. The summed E-state index contributed by atoms with van der Waals surface area (Å²) in [4.78, 5) is 11.8. The average Bonchev–Trinajstić information content (AvgIpc) is 2.90. The van der Waals surface area contributed by atoms with Crippen molar-refractivity contribution in [1.82, 2.24) is 0 Å². The first-order valence-corrected chi connectivity index (χ1v) is 6.76. The van der Waals surface area contributed by atoms with Crippen LogP contribution in [-0.4, -0.2) is 11.5 Å². The van der Waals surface area contributed by atoms with Crippen LogP contribution in [0.15, 0.2) is 35.7 Å². The molecular formula is C13H14N2O3S. The second-order valence-corrected chi connectivity index (χ2v) is 4.83. The van der Waals surface area contributed by atoms with E-state index in [1.54, 1.807) is 23.5 Å². The highest BCUT2D eigenvalue weighted by molar-refractivity contribution is 7.09. The van der Waals surface area contributed by atoms with Gasteiger partial charge in [0.2, 0.25) is 0 Å². The van der Waals surface area contributed by atoms with Gasteiger partial charge in [0, 0.05) is 11.4 Å². The van der Waals surface area contributed by atoms with Crippen LogP contribution in [0.1, 0.15) is 11.8 Å². The van der Waals surface area contributed by atoms with E-state index < -0.39 is 4.92 Å². The molecule has 0 unspecified atom stereocenters. The van der Waals surface area contributed by atoms with E-state index in [2.05, 4.69) is 5.32 Å². The lowest BCUT2D eigenvalue weighted by Gasteiger charge is -2.08. The number of nitrogens with zero attached hydrogens (tertiary/aromatic N) is 1. The van der Waals surface area contributed by atoms with E-state index in [1.807, 2.05) is 24.4 Å². The summed E-state index contributed by atoms with van der Waals surface area (Å²) in [6.07, 6.45) is 0. The maximum Gasteiger partial charge on any atom is 0.296 e. The molecule has 0 aliphatic carbocycles. The van der Waals surface area contributed by atoms with Gasteiger partial charge in [-0.1, -0.05) is 6.07 Å². The van der Waals surface area contributed by atoms with Gasteiger partial charge in [-0.15, -0.1) is 11.3 Å². The number of nitro benzene ring substituents is 1. The highest BCUT2D eigenvalue weighted by atomic mass is 32.1. The summed E-state index contributed by atoms with van der Waals surface area (Å²) in [6, 6.07) is 8.79. The van der Waals surface area contributed by atoms with Crippen LogP contribution in [0.2, 0.25) is 0 Å². The maximum absolute atomic E-state index is 11.1. The Morgan fingerprint density at radius 3 is 2.89 bits per heavy atom. The lowest BCUT2D eigenvalue weighted by Crippen LogP contribution is -2.02. The Balaban J connectivity index is 2.16. The molecule has 0 spiro atoms. The van der Waals surface area contributed by atoms with Gasteiger partial charge >= 0.3 is 0 Å². The lowest BCUT2D eigenvalue weighted by atomic mass is 10.2. The predicted octanol–water partition coefficient (Wildman–Crippen LogP) is 3.67. The van der Waals surface area contributed by atoms with E-state index in [9.17, 15) is 10.1 Å². The summed E-state index contributed by atoms with van der Waals surface area (Å²) >= 11 is 1.61. The molecule has 0 bridgehead atoms. The SMILES string of the molecule is CCOc1ccc(NCc2cccs2)c([N+](=O)[O-])c1. The molecule has 0 aliphatic rings. The minimum atomic E-state index is -0.403. The largest absolute Gasteiger partial charge is 0.494 e. The van der Waals surface area contributed by atoms with Crippen molar-refractivity contribution in [3.8, 4) is 5.75 Å². The molecule has 6 heteroatoms. The third-order valence-corrected chi connectivity index (χ3v) is 3.39. The fourth-order valence-corrected chi connectivity index (χ4v) is 2.31. The molecule has 0 atom stereocenters. The van der Waals surface area contributed by atoms with E-state index in [0.717, 1.165) is 4.88 Å². The van der Waals surface area contributed by atoms with E-state index in [4.69, 9.17) is 4.74 Å². The van der Waals surface area contributed by atoms with E-state index in [-0.39, 0.29) is 5.69 Å². The van der Waals surface area contributed by atoms with Crippen molar-refractivity contribution in [2.45, 2.75) is 13.5 Å². The quantitative estimate of drug-likeness (QED) is 0.647. The second kappa shape index (κ2) is 6.19. The summed E-state index contributed by atoms with van der Waals surface area (Å²) in [5.41, 5.74) is 0.532. The zero-order valence-corrected chi connectivity index (χ0v) is 11.3. The van der Waals surface area contributed by atoms with Crippen LogP contribution in [0.3, 0.4) is 0 Å². The van der Waals surface area contributed by atoms with Crippen LogP contribution in [0.5, 0.6) is 5.75 Å². The van der Waals surface area contributed by atoms with Crippen LogP contribution in [0, 0.1) is 10.1 Å². The van der Waals surface area contributed by atoms with Gasteiger partial charge in [0.1, 0.15) is 11.4 Å². The van der Waals surface area contributed by atoms with Gasteiger partial charge in [-0.2, -0.15) is 0 Å². The summed E-state index contributed by atoms with van der Waals surface area (Å²) in [6.45, 7) is 2.90. The molecule has 0 amide bonds. The van der Waals surface area contributed by atoms with E-state index >= 15 is 0 Å². The topological polar surface area (TPSA) is 64.4 Å². The van der Waals surface area contributed by atoms with Crippen LogP contribution in [0.4, 0.5) is 11.4 Å². The molecule has 2 aromatic rings. The molecule has 0 fully saturated rings. The number of thiophene rings is 1. The highest BCUT2D eigenvalue weighted by Gasteiger charge is 2.15. The molecule has 1 N–H and O–H groups in total. The molecule has 5 nitrogen and oxygen atoms in total. The molecule has 1 heterocycles. The zero-order valence-electron chi connectivity index (χ0n) is 10.5. The van der Waals surface area contributed by atoms with Crippen molar-refractivity contribution in [3.05, 3.63) is 50.7 Å². The number of hydrogen-bond donors (Lipinski definition) is 1. The molecule has 1 aromatic carbocycles. The number of nitro groups is 1. The minimum absolute atomic E-state index is 0.0301. The third kappa shape index (κ3) is 3.45. The number of ether oxygens (including phenoxy) is 1. The van der Waals surface area contributed by atoms with Crippen molar-refractivity contribution < 1.29 is 9.66 Å². The number of anilines is 1. The van der Waals surface area contributed by atoms with Gasteiger partial charge < -0.3 is 10.1 Å². The van der Waals surface area contributed by atoms with Crippen molar-refractivity contribution in [2.24, 2.45) is 0 Å². The van der Waals surface area contributed by atoms with Crippen molar-refractivity contribution in [2.75, 3.05) is 11.9 Å². The van der Waals surface area contributed by atoms with Crippen LogP contribution in [-0.2, 0) is 6.54 Å². The van der Waals surface area contributed by atoms with Gasteiger partial charge in [0.05, 0.1) is 17.6 Å². The number of nitrogens with one attached hydrogen (secondary N) is 1. The predicted molar refractivity (Wildman–Crippen MR) is 75.9 cm³/mol. The molecule has 100 valence electrons. The van der Waals surface area contributed by atoms with Gasteiger partial charge in [0.25, 0.3) is 5.69 Å². The Bertz CT molecular complexity index is 555. The monoisotopic (exact) mass is 278 g/mol. The molecule has 0 saturated heterocycles. The van der Waals surface area contributed by atoms with Crippen molar-refractivity contribution in [3.63, 3.8) is 0 Å². The van der Waals surface area contributed by atoms with Gasteiger partial charge in [-0.3, -0.25) is 10.1 Å². The van der Waals surface area contributed by atoms with Gasteiger partial charge in [-0.05, 0) is 30.5 Å². The standard InChI is InChI=1S/C13H14N2O3S/c1-2-18-10-5-6-12(13(8-10)15(16)17)14-9-11-4-3-7-19-11/h3-8,14H,2,9H2,1H3. The molecule has 0 aliphatic heterocycles. The molecule has 1 aromatic heterocycles. The lowest BCUT2D eigenvalue weighted by molar-refractivity contribution is -0.384. The van der Waals surface area contributed by atoms with Crippen LogP contribution >= 0.6 is 11.3 Å². The summed E-state index contributed by atoms with van der Waals surface area (Å²) in [7, 11) is 0. The summed E-state index contributed by atoms with van der Waals surface area (Å²) < 4.78 is 5.27. The first-order valence-electron chi connectivity index (χ1n) is 5.88. The van der Waals surface area contributed by atoms with Crippen molar-refractivity contribution >= 4 is 22.7 Å². The highest BCUT2D eigenvalue weighted by Crippen LogP contribution is 2.29. The summed E-state index contributed by atoms with van der Waals surface area (Å²) in [5.74, 6) is 0.510. The zero-order chi connectivity index (χ0) is 13.7. The third-order valence-electron chi connectivity index (χ3n) is 2.51. The van der Waals surface area contributed by atoms with Crippen LogP contribution < -0.4 is 10.1 Å². The Kier molecular flexibility index (Phi) is 4.35. The number of rotatable bonds is 6. The average molecular weight is 278 g/mol. The Labute approximate surface area is 115 Å². The Morgan fingerprint density at radius 1 is 1.42 bits per heavy atom. The van der Waals surface area contributed by atoms with Crippen molar-refractivity contribution in [1.29, 1.82) is 0 Å². The number of benzene rings is 1. The summed E-state index contributed by atoms with van der Waals surface area (Å²) in [5, 5.41) is 16.1. The molecule has 0 saturated carbocycles. The molecule has 19 heavy (non-hydrogen) atoms. The van der Waals surface area contributed by atoms with Gasteiger partial charge in [0.15, 0.2) is 0 Å². The molecular weight excluding hydrogens is 264 g/mol. The Morgan fingerprint density at radius 2 is 2.26 bits per heavy atom. The normalized spacial score (nSPS) is 10.2. The molecule has 0 radical (unpaired) electrons. The second-order valence-electron chi connectivity index (χ2n) is 3.80. The maximum atomic E-state index is 11.1. The first kappa shape index (κ1) is 13.4. The van der Waals surface area contributed by atoms with E-state index in [1.165, 1.54) is 6.07 Å².